The van der Waals surface area contributed by atoms with Crippen LogP contribution in [0.5, 0.6) is 0 Å². The molecule has 4 aliphatic rings. The van der Waals surface area contributed by atoms with Crippen LogP contribution < -0.4 is 4.90 Å². The summed E-state index contributed by atoms with van der Waals surface area (Å²) < 4.78 is 0. The monoisotopic (exact) mass is 354 g/mol. The van der Waals surface area contributed by atoms with Gasteiger partial charge in [0.05, 0.1) is 17.5 Å². The van der Waals surface area contributed by atoms with E-state index >= 15 is 0 Å². The van der Waals surface area contributed by atoms with Gasteiger partial charge >= 0.3 is 0 Å². The van der Waals surface area contributed by atoms with E-state index in [1.165, 1.54) is 4.90 Å². The second-order valence-corrected chi connectivity index (χ2v) is 8.26. The number of amides is 3. The van der Waals surface area contributed by atoms with Crippen LogP contribution in [-0.2, 0) is 14.4 Å². The third-order valence-corrected chi connectivity index (χ3v) is 6.93. The summed E-state index contributed by atoms with van der Waals surface area (Å²) in [4.78, 5) is 42.4. The topological polar surface area (TPSA) is 57.7 Å². The van der Waals surface area contributed by atoms with Crippen LogP contribution in [0.4, 0.5) is 5.69 Å². The maximum Gasteiger partial charge on any atom is 0.247 e. The van der Waals surface area contributed by atoms with E-state index in [2.05, 4.69) is 12.2 Å². The molecule has 128 valence electrons. The number of para-hydroxylation sites is 1. The summed E-state index contributed by atoms with van der Waals surface area (Å²) in [5.74, 6) is 0.232. The number of carbonyl (C=O) groups is 3. The molecule has 1 aromatic carbocycles. The van der Waals surface area contributed by atoms with Crippen molar-refractivity contribution in [2.45, 2.75) is 11.3 Å². The van der Waals surface area contributed by atoms with Gasteiger partial charge in [0.2, 0.25) is 17.7 Å². The fraction of sp³-hybridized carbons (Fsp3) is 0.421. The summed E-state index contributed by atoms with van der Waals surface area (Å²) in [6.45, 7) is 0.472. The van der Waals surface area contributed by atoms with Crippen molar-refractivity contribution in [2.24, 2.45) is 23.7 Å². The van der Waals surface area contributed by atoms with Gasteiger partial charge in [-0.3, -0.25) is 19.3 Å². The molecular weight excluding hydrogens is 336 g/mol. The molecule has 25 heavy (non-hydrogen) atoms. The average Bonchev–Trinajstić information content (AvgIpc) is 3.31. The lowest BCUT2D eigenvalue weighted by atomic mass is 9.85. The zero-order valence-electron chi connectivity index (χ0n) is 13.6. The smallest absolute Gasteiger partial charge is 0.247 e. The second kappa shape index (κ2) is 5.46. The van der Waals surface area contributed by atoms with Crippen LogP contribution in [-0.4, -0.2) is 41.5 Å². The quantitative estimate of drug-likeness (QED) is 0.602. The normalized spacial score (nSPS) is 32.3. The van der Waals surface area contributed by atoms with Gasteiger partial charge in [-0.25, -0.2) is 0 Å². The summed E-state index contributed by atoms with van der Waals surface area (Å²) in [7, 11) is 0. The van der Waals surface area contributed by atoms with Crippen LogP contribution in [0.1, 0.15) is 6.42 Å². The molecule has 4 unspecified atom stereocenters. The van der Waals surface area contributed by atoms with E-state index in [4.69, 9.17) is 0 Å². The van der Waals surface area contributed by atoms with E-state index in [0.717, 1.165) is 22.8 Å². The van der Waals surface area contributed by atoms with Crippen molar-refractivity contribution < 1.29 is 14.4 Å². The first-order chi connectivity index (χ1) is 12.1. The van der Waals surface area contributed by atoms with Crippen molar-refractivity contribution in [3.05, 3.63) is 36.4 Å². The Kier molecular flexibility index (Phi) is 3.32. The van der Waals surface area contributed by atoms with Gasteiger partial charge in [-0.05, 0) is 30.4 Å². The van der Waals surface area contributed by atoms with Crippen LogP contribution in [0, 0.1) is 23.7 Å². The van der Waals surface area contributed by atoms with Crippen molar-refractivity contribution in [1.29, 1.82) is 0 Å². The summed E-state index contributed by atoms with van der Waals surface area (Å²) in [5, 5.41) is 0. The summed E-state index contributed by atoms with van der Waals surface area (Å²) in [6.07, 6.45) is 5.05. The summed E-state index contributed by atoms with van der Waals surface area (Å²) in [5.41, 5.74) is 0.879. The van der Waals surface area contributed by atoms with Gasteiger partial charge in [-0.1, -0.05) is 24.3 Å². The lowest BCUT2D eigenvalue weighted by Crippen LogP contribution is -2.45. The minimum Gasteiger partial charge on any atom is -0.309 e. The third kappa shape index (κ3) is 2.13. The first-order valence-corrected chi connectivity index (χ1v) is 9.69. The molecule has 1 saturated heterocycles. The SMILES string of the molecule is O=C1C2C3C=CC(C3)C2C(=O)N1CC(=O)N1CCSc2ccccc21. The lowest BCUT2D eigenvalue weighted by molar-refractivity contribution is -0.143. The standard InChI is InChI=1S/C19H18N2O3S/c22-15(20-7-8-25-14-4-2-1-3-13(14)20)10-21-18(23)16-11-5-6-12(9-11)17(16)19(21)24/h1-6,11-12,16-17H,7-10H2. The number of carbonyl (C=O) groups excluding carboxylic acids is 3. The molecule has 5 nitrogen and oxygen atoms in total. The number of rotatable bonds is 2. The third-order valence-electron chi connectivity index (χ3n) is 5.88. The highest BCUT2D eigenvalue weighted by Crippen LogP contribution is 2.52. The van der Waals surface area contributed by atoms with E-state index in [-0.39, 0.29) is 47.9 Å². The number of thioether (sulfide) groups is 1. The molecule has 6 heteroatoms. The fourth-order valence-electron chi connectivity index (χ4n) is 4.77. The van der Waals surface area contributed by atoms with E-state index in [1.54, 1.807) is 16.7 Å². The van der Waals surface area contributed by atoms with E-state index in [0.29, 0.717) is 6.54 Å². The molecule has 0 spiro atoms. The molecule has 2 heterocycles. The highest BCUT2D eigenvalue weighted by atomic mass is 32.2. The molecule has 1 saturated carbocycles. The molecule has 2 bridgehead atoms. The molecule has 2 aliphatic carbocycles. The molecule has 0 aromatic heterocycles. The molecule has 2 aliphatic heterocycles. The molecular formula is C19H18N2O3S. The summed E-state index contributed by atoms with van der Waals surface area (Å²) in [6, 6.07) is 7.79. The van der Waals surface area contributed by atoms with Gasteiger partial charge in [0.25, 0.3) is 0 Å². The van der Waals surface area contributed by atoms with Gasteiger partial charge < -0.3 is 4.90 Å². The Hall–Kier alpha value is -2.08. The number of nitrogens with zero attached hydrogens (tertiary/aromatic N) is 2. The first-order valence-electron chi connectivity index (χ1n) is 8.71. The zero-order valence-corrected chi connectivity index (χ0v) is 14.4. The van der Waals surface area contributed by atoms with E-state index in [1.807, 2.05) is 24.3 Å². The molecule has 1 aromatic rings. The maximum absolute atomic E-state index is 12.9. The number of imide groups is 1. The molecule has 4 atom stereocenters. The van der Waals surface area contributed by atoms with Crippen molar-refractivity contribution in [2.75, 3.05) is 23.7 Å². The van der Waals surface area contributed by atoms with Crippen LogP contribution in [0.2, 0.25) is 0 Å². The number of benzene rings is 1. The predicted molar refractivity (Wildman–Crippen MR) is 94.0 cm³/mol. The highest BCUT2D eigenvalue weighted by molar-refractivity contribution is 7.99. The minimum absolute atomic E-state index is 0.136. The molecule has 5 rings (SSSR count). The Morgan fingerprint density at radius 2 is 1.76 bits per heavy atom. The fourth-order valence-corrected chi connectivity index (χ4v) is 5.76. The van der Waals surface area contributed by atoms with E-state index < -0.39 is 0 Å². The Morgan fingerprint density at radius 3 is 2.48 bits per heavy atom. The number of likely N-dealkylation sites (tertiary alicyclic amines) is 1. The van der Waals surface area contributed by atoms with Gasteiger partial charge in [-0.15, -0.1) is 11.8 Å². The van der Waals surface area contributed by atoms with Crippen LogP contribution >= 0.6 is 11.8 Å². The van der Waals surface area contributed by atoms with Gasteiger partial charge in [0.15, 0.2) is 0 Å². The summed E-state index contributed by atoms with van der Waals surface area (Å²) >= 11 is 1.73. The number of fused-ring (bicyclic) bond motifs is 6. The molecule has 0 N–H and O–H groups in total. The largest absolute Gasteiger partial charge is 0.309 e. The van der Waals surface area contributed by atoms with Gasteiger partial charge in [0.1, 0.15) is 6.54 Å². The van der Waals surface area contributed by atoms with E-state index in [9.17, 15) is 14.4 Å². The number of allylic oxidation sites excluding steroid dienone is 2. The average molecular weight is 354 g/mol. The zero-order chi connectivity index (χ0) is 17.1. The van der Waals surface area contributed by atoms with Crippen LogP contribution in [0.3, 0.4) is 0 Å². The van der Waals surface area contributed by atoms with Gasteiger partial charge in [-0.2, -0.15) is 0 Å². The Morgan fingerprint density at radius 1 is 1.08 bits per heavy atom. The molecule has 2 fully saturated rings. The Bertz CT molecular complexity index is 791. The van der Waals surface area contributed by atoms with Crippen molar-refractivity contribution in [1.82, 2.24) is 4.90 Å². The predicted octanol–water partition coefficient (Wildman–Crippen LogP) is 1.93. The number of hydrogen-bond donors (Lipinski definition) is 0. The van der Waals surface area contributed by atoms with Crippen molar-refractivity contribution in [3.8, 4) is 0 Å². The van der Waals surface area contributed by atoms with Gasteiger partial charge in [0, 0.05) is 17.2 Å². The number of hydrogen-bond acceptors (Lipinski definition) is 4. The van der Waals surface area contributed by atoms with Crippen LogP contribution in [0.25, 0.3) is 0 Å². The first kappa shape index (κ1) is 15.2. The van der Waals surface area contributed by atoms with Crippen molar-refractivity contribution >= 4 is 35.2 Å². The lowest BCUT2D eigenvalue weighted by Gasteiger charge is -2.30. The highest BCUT2D eigenvalue weighted by Gasteiger charge is 2.59. The molecule has 0 radical (unpaired) electrons. The van der Waals surface area contributed by atoms with Crippen LogP contribution in [0.15, 0.2) is 41.3 Å². The minimum atomic E-state index is -0.237. The number of anilines is 1. The maximum atomic E-state index is 12.9. The Balaban J connectivity index is 1.38. The molecule has 3 amide bonds. The van der Waals surface area contributed by atoms with Crippen molar-refractivity contribution in [3.63, 3.8) is 0 Å². The second-order valence-electron chi connectivity index (χ2n) is 7.12. The Labute approximate surface area is 150 Å².